The molecule has 1 saturated carbocycles. The quantitative estimate of drug-likeness (QED) is 0.935. The number of nitrogens with one attached hydrogen (secondary N) is 1. The molecule has 0 bridgehead atoms. The highest BCUT2D eigenvalue weighted by molar-refractivity contribution is 9.10. The number of hydrogen-bond donors (Lipinski definition) is 1. The van der Waals surface area contributed by atoms with Crippen molar-refractivity contribution in [1.82, 2.24) is 15.1 Å². The van der Waals surface area contributed by atoms with Crippen LogP contribution in [-0.4, -0.2) is 15.8 Å². The van der Waals surface area contributed by atoms with Gasteiger partial charge in [0.15, 0.2) is 0 Å². The van der Waals surface area contributed by atoms with Crippen LogP contribution in [0.5, 0.6) is 0 Å². The Hall–Kier alpha value is -1.20. The van der Waals surface area contributed by atoms with Crippen molar-refractivity contribution in [2.24, 2.45) is 0 Å². The molecule has 1 aliphatic carbocycles. The Bertz CT molecular complexity index is 605. The van der Waals surface area contributed by atoms with Crippen LogP contribution in [0.15, 0.2) is 28.9 Å². The van der Waals surface area contributed by atoms with Crippen molar-refractivity contribution in [3.8, 4) is 5.69 Å². The topological polar surface area (TPSA) is 29.9 Å². The molecule has 2 aromatic rings. The summed E-state index contributed by atoms with van der Waals surface area (Å²) in [4.78, 5) is 0. The van der Waals surface area contributed by atoms with Gasteiger partial charge in [-0.1, -0.05) is 0 Å². The zero-order valence-corrected chi connectivity index (χ0v) is 12.2. The molecule has 0 spiro atoms. The number of aromatic nitrogens is 2. The molecule has 5 heteroatoms. The third kappa shape index (κ3) is 2.87. The summed E-state index contributed by atoms with van der Waals surface area (Å²) in [6.45, 7) is 2.67. The van der Waals surface area contributed by atoms with Crippen LogP contribution < -0.4 is 5.32 Å². The van der Waals surface area contributed by atoms with Gasteiger partial charge in [0.25, 0.3) is 0 Å². The van der Waals surface area contributed by atoms with Gasteiger partial charge in [-0.15, -0.1) is 0 Å². The van der Waals surface area contributed by atoms with Gasteiger partial charge in [0.2, 0.25) is 0 Å². The van der Waals surface area contributed by atoms with E-state index in [2.05, 4.69) is 26.3 Å². The predicted molar refractivity (Wildman–Crippen MR) is 75.8 cm³/mol. The van der Waals surface area contributed by atoms with Gasteiger partial charge in [-0.3, -0.25) is 0 Å². The second-order valence-electron chi connectivity index (χ2n) is 4.96. The molecule has 1 heterocycles. The summed E-state index contributed by atoms with van der Waals surface area (Å²) in [6, 6.07) is 5.94. The first kappa shape index (κ1) is 12.8. The van der Waals surface area contributed by atoms with E-state index >= 15 is 0 Å². The Balaban J connectivity index is 1.83. The SMILES string of the molecule is Cc1cc(F)c(Br)cc1-n1ccc(CNC2CC2)n1. The van der Waals surface area contributed by atoms with Crippen molar-refractivity contribution in [3.63, 3.8) is 0 Å². The Morgan fingerprint density at radius 2 is 2.26 bits per heavy atom. The molecule has 1 aromatic heterocycles. The van der Waals surface area contributed by atoms with Crippen molar-refractivity contribution in [1.29, 1.82) is 0 Å². The molecule has 0 aliphatic heterocycles. The summed E-state index contributed by atoms with van der Waals surface area (Å²) < 4.78 is 15.7. The van der Waals surface area contributed by atoms with E-state index in [0.717, 1.165) is 23.5 Å². The molecule has 1 N–H and O–H groups in total. The lowest BCUT2D eigenvalue weighted by atomic mass is 10.2. The lowest BCUT2D eigenvalue weighted by molar-refractivity contribution is 0.618. The monoisotopic (exact) mass is 323 g/mol. The van der Waals surface area contributed by atoms with Gasteiger partial charge in [0, 0.05) is 18.8 Å². The Morgan fingerprint density at radius 1 is 1.47 bits per heavy atom. The third-order valence-corrected chi connectivity index (χ3v) is 3.89. The van der Waals surface area contributed by atoms with E-state index in [1.54, 1.807) is 10.7 Å². The highest BCUT2D eigenvalue weighted by atomic mass is 79.9. The first-order valence-corrected chi connectivity index (χ1v) is 7.17. The normalized spacial score (nSPS) is 14.9. The Labute approximate surface area is 119 Å². The molecular weight excluding hydrogens is 309 g/mol. The first-order chi connectivity index (χ1) is 9.13. The second-order valence-corrected chi connectivity index (χ2v) is 5.81. The molecule has 0 atom stereocenters. The average Bonchev–Trinajstić information content (AvgIpc) is 3.09. The molecule has 3 nitrogen and oxygen atoms in total. The van der Waals surface area contributed by atoms with Crippen LogP contribution in [0.2, 0.25) is 0 Å². The fraction of sp³-hybridized carbons (Fsp3) is 0.357. The minimum absolute atomic E-state index is 0.246. The van der Waals surface area contributed by atoms with Crippen molar-refractivity contribution in [3.05, 3.63) is 45.9 Å². The molecule has 100 valence electrons. The standard InChI is InChI=1S/C14H15BrFN3/c1-9-6-13(16)12(15)7-14(9)19-5-4-11(18-19)8-17-10-2-3-10/h4-7,10,17H,2-3,8H2,1H3. The molecule has 0 saturated heterocycles. The van der Waals surface area contributed by atoms with Crippen LogP contribution in [0.4, 0.5) is 4.39 Å². The number of benzene rings is 1. The highest BCUT2D eigenvalue weighted by Crippen LogP contribution is 2.23. The average molecular weight is 324 g/mol. The summed E-state index contributed by atoms with van der Waals surface area (Å²) >= 11 is 3.21. The van der Waals surface area contributed by atoms with Gasteiger partial charge < -0.3 is 5.32 Å². The van der Waals surface area contributed by atoms with Gasteiger partial charge in [0.1, 0.15) is 5.82 Å². The van der Waals surface area contributed by atoms with Gasteiger partial charge in [0.05, 0.1) is 15.9 Å². The van der Waals surface area contributed by atoms with E-state index < -0.39 is 0 Å². The van der Waals surface area contributed by atoms with E-state index in [0.29, 0.717) is 10.5 Å². The number of nitrogens with zero attached hydrogens (tertiary/aromatic N) is 2. The fourth-order valence-electron chi connectivity index (χ4n) is 2.01. The van der Waals surface area contributed by atoms with Crippen LogP contribution in [0.3, 0.4) is 0 Å². The van der Waals surface area contributed by atoms with Crippen LogP contribution in [0, 0.1) is 12.7 Å². The summed E-state index contributed by atoms with van der Waals surface area (Å²) in [5, 5.41) is 7.95. The van der Waals surface area contributed by atoms with Crippen LogP contribution >= 0.6 is 15.9 Å². The van der Waals surface area contributed by atoms with Crippen molar-refractivity contribution >= 4 is 15.9 Å². The molecule has 1 aliphatic rings. The van der Waals surface area contributed by atoms with Crippen LogP contribution in [-0.2, 0) is 6.54 Å². The summed E-state index contributed by atoms with van der Waals surface area (Å²) in [5.74, 6) is -0.246. The Morgan fingerprint density at radius 3 is 3.00 bits per heavy atom. The van der Waals surface area contributed by atoms with Crippen molar-refractivity contribution in [2.45, 2.75) is 32.4 Å². The summed E-state index contributed by atoms with van der Waals surface area (Å²) in [6.07, 6.45) is 4.45. The lowest BCUT2D eigenvalue weighted by Gasteiger charge is -2.07. The molecule has 3 rings (SSSR count). The maximum atomic E-state index is 13.4. The van der Waals surface area contributed by atoms with Gasteiger partial charge in [-0.2, -0.15) is 5.10 Å². The van der Waals surface area contributed by atoms with E-state index in [1.165, 1.54) is 18.9 Å². The minimum atomic E-state index is -0.246. The molecule has 0 amide bonds. The summed E-state index contributed by atoms with van der Waals surface area (Å²) in [7, 11) is 0. The highest BCUT2D eigenvalue weighted by Gasteiger charge is 2.20. The van der Waals surface area contributed by atoms with Crippen molar-refractivity contribution in [2.75, 3.05) is 0 Å². The minimum Gasteiger partial charge on any atom is -0.308 e. The molecule has 1 aromatic carbocycles. The maximum absolute atomic E-state index is 13.4. The van der Waals surface area contributed by atoms with Crippen LogP contribution in [0.1, 0.15) is 24.1 Å². The number of halogens is 2. The lowest BCUT2D eigenvalue weighted by Crippen LogP contribution is -2.15. The van der Waals surface area contributed by atoms with Gasteiger partial charge in [-0.05, 0) is 59.5 Å². The Kier molecular flexibility index (Phi) is 3.41. The van der Waals surface area contributed by atoms with E-state index in [9.17, 15) is 4.39 Å². The molecular formula is C14H15BrFN3. The number of aryl methyl sites for hydroxylation is 1. The van der Waals surface area contributed by atoms with Gasteiger partial charge >= 0.3 is 0 Å². The van der Waals surface area contributed by atoms with Gasteiger partial charge in [-0.25, -0.2) is 9.07 Å². The molecule has 1 fully saturated rings. The van der Waals surface area contributed by atoms with Crippen LogP contribution in [0.25, 0.3) is 5.69 Å². The molecule has 0 radical (unpaired) electrons. The maximum Gasteiger partial charge on any atom is 0.137 e. The zero-order valence-electron chi connectivity index (χ0n) is 10.7. The van der Waals surface area contributed by atoms with E-state index in [-0.39, 0.29) is 5.82 Å². The summed E-state index contributed by atoms with van der Waals surface area (Å²) in [5.41, 5.74) is 2.77. The molecule has 0 unspecified atom stereocenters. The van der Waals surface area contributed by atoms with E-state index in [4.69, 9.17) is 0 Å². The number of rotatable bonds is 4. The zero-order chi connectivity index (χ0) is 13.4. The predicted octanol–water partition coefficient (Wildman–Crippen LogP) is 3.33. The van der Waals surface area contributed by atoms with E-state index in [1.807, 2.05) is 19.2 Å². The fourth-order valence-corrected chi connectivity index (χ4v) is 2.34. The van der Waals surface area contributed by atoms with Crippen molar-refractivity contribution < 1.29 is 4.39 Å². The smallest absolute Gasteiger partial charge is 0.137 e. The third-order valence-electron chi connectivity index (χ3n) is 3.28. The largest absolute Gasteiger partial charge is 0.308 e. The molecule has 19 heavy (non-hydrogen) atoms. The second kappa shape index (κ2) is 5.06. The number of hydrogen-bond acceptors (Lipinski definition) is 2. The first-order valence-electron chi connectivity index (χ1n) is 6.37.